The van der Waals surface area contributed by atoms with Crippen LogP contribution < -0.4 is 0 Å². The zero-order valence-electron chi connectivity index (χ0n) is 19.2. The number of rotatable bonds is 6. The molecule has 2 saturated heterocycles. The van der Waals surface area contributed by atoms with Gasteiger partial charge in [-0.05, 0) is 61.6 Å². The van der Waals surface area contributed by atoms with Gasteiger partial charge in [-0.1, -0.05) is 19.1 Å². The monoisotopic (exact) mass is 439 g/mol. The molecule has 1 amide bonds. The van der Waals surface area contributed by atoms with Crippen LogP contribution in [0.3, 0.4) is 0 Å². The number of hydrogen-bond donors (Lipinski definition) is 0. The molecular weight excluding hydrogens is 405 g/mol. The van der Waals surface area contributed by atoms with Gasteiger partial charge in [-0.25, -0.2) is 4.39 Å². The van der Waals surface area contributed by atoms with Crippen molar-refractivity contribution < 1.29 is 13.9 Å². The van der Waals surface area contributed by atoms with Crippen molar-refractivity contribution in [3.05, 3.63) is 64.7 Å². The van der Waals surface area contributed by atoms with E-state index in [4.69, 9.17) is 9.72 Å². The van der Waals surface area contributed by atoms with E-state index in [-0.39, 0.29) is 17.6 Å². The minimum absolute atomic E-state index is 0.0176. The number of nitrogens with zero attached hydrogens (tertiary/aromatic N) is 3. The molecule has 2 aliphatic heterocycles. The Kier molecular flexibility index (Phi) is 7.53. The van der Waals surface area contributed by atoms with E-state index in [9.17, 15) is 9.18 Å². The van der Waals surface area contributed by atoms with Crippen LogP contribution in [0.25, 0.3) is 0 Å². The first-order chi connectivity index (χ1) is 15.5. The second-order valence-electron chi connectivity index (χ2n) is 9.26. The summed E-state index contributed by atoms with van der Waals surface area (Å²) in [5.74, 6) is 0.453. The lowest BCUT2D eigenvalue weighted by Gasteiger charge is -2.35. The number of piperidine rings is 1. The van der Waals surface area contributed by atoms with Crippen LogP contribution in [-0.2, 0) is 16.0 Å². The maximum absolute atomic E-state index is 13.2. The van der Waals surface area contributed by atoms with Crippen LogP contribution >= 0.6 is 0 Å². The molecule has 0 N–H and O–H groups in total. The van der Waals surface area contributed by atoms with Gasteiger partial charge in [0.25, 0.3) is 0 Å². The molecule has 1 atom stereocenters. The van der Waals surface area contributed by atoms with Crippen LogP contribution in [0, 0.1) is 18.7 Å². The van der Waals surface area contributed by atoms with Crippen molar-refractivity contribution in [1.29, 1.82) is 0 Å². The van der Waals surface area contributed by atoms with Crippen LogP contribution in [0.4, 0.5) is 4.39 Å². The van der Waals surface area contributed by atoms with Crippen molar-refractivity contribution in [2.24, 2.45) is 5.92 Å². The first-order valence-electron chi connectivity index (χ1n) is 11.8. The van der Waals surface area contributed by atoms with Crippen molar-refractivity contribution in [3.8, 4) is 0 Å². The van der Waals surface area contributed by atoms with Gasteiger partial charge in [0.1, 0.15) is 5.82 Å². The minimum Gasteiger partial charge on any atom is -0.379 e. The molecule has 0 radical (unpaired) electrons. The van der Waals surface area contributed by atoms with Crippen LogP contribution in [0.2, 0.25) is 0 Å². The van der Waals surface area contributed by atoms with Crippen LogP contribution in [-0.4, -0.2) is 66.6 Å². The van der Waals surface area contributed by atoms with E-state index in [1.807, 2.05) is 30.9 Å². The normalized spacial score (nSPS) is 19.2. The Morgan fingerprint density at radius 1 is 1.09 bits per heavy atom. The summed E-state index contributed by atoms with van der Waals surface area (Å²) in [7, 11) is 0. The molecular formula is C26H34FN3O2. The average molecular weight is 440 g/mol. The number of ether oxygens (including phenoxy) is 1. The smallest absolute Gasteiger partial charge is 0.226 e. The lowest BCUT2D eigenvalue weighted by Crippen LogP contribution is -2.46. The maximum Gasteiger partial charge on any atom is 0.226 e. The Morgan fingerprint density at radius 3 is 2.47 bits per heavy atom. The lowest BCUT2D eigenvalue weighted by molar-refractivity contribution is -0.137. The van der Waals surface area contributed by atoms with Crippen molar-refractivity contribution >= 4 is 5.91 Å². The number of amides is 1. The van der Waals surface area contributed by atoms with Gasteiger partial charge in [0.15, 0.2) is 0 Å². The van der Waals surface area contributed by atoms with E-state index in [1.54, 1.807) is 0 Å². The van der Waals surface area contributed by atoms with Gasteiger partial charge in [0, 0.05) is 55.9 Å². The third-order valence-corrected chi connectivity index (χ3v) is 6.64. The highest BCUT2D eigenvalue weighted by atomic mass is 19.1. The van der Waals surface area contributed by atoms with Gasteiger partial charge in [-0.3, -0.25) is 14.7 Å². The third kappa shape index (κ3) is 5.93. The zero-order valence-corrected chi connectivity index (χ0v) is 19.2. The van der Waals surface area contributed by atoms with E-state index in [2.05, 4.69) is 17.0 Å². The van der Waals surface area contributed by atoms with Crippen LogP contribution in [0.15, 0.2) is 36.4 Å². The first kappa shape index (κ1) is 22.9. The first-order valence-corrected chi connectivity index (χ1v) is 11.8. The molecule has 0 bridgehead atoms. The highest BCUT2D eigenvalue weighted by Crippen LogP contribution is 2.29. The number of morpholine rings is 1. The van der Waals surface area contributed by atoms with Gasteiger partial charge in [-0.2, -0.15) is 0 Å². The fourth-order valence-corrected chi connectivity index (χ4v) is 4.87. The molecule has 172 valence electrons. The predicted molar refractivity (Wildman–Crippen MR) is 123 cm³/mol. The number of aryl methyl sites for hydroxylation is 1. The molecule has 6 heteroatoms. The van der Waals surface area contributed by atoms with Gasteiger partial charge < -0.3 is 9.64 Å². The summed E-state index contributed by atoms with van der Waals surface area (Å²) in [5, 5.41) is 0. The molecule has 2 aliphatic rings. The molecule has 3 heterocycles. The molecule has 0 saturated carbocycles. The number of hydrogen-bond acceptors (Lipinski definition) is 4. The molecule has 32 heavy (non-hydrogen) atoms. The Morgan fingerprint density at radius 2 is 1.78 bits per heavy atom. The summed E-state index contributed by atoms with van der Waals surface area (Å²) >= 11 is 0. The summed E-state index contributed by atoms with van der Waals surface area (Å²) in [6.45, 7) is 9.83. The summed E-state index contributed by atoms with van der Waals surface area (Å²) in [4.78, 5) is 22.2. The number of carbonyl (C=O) groups is 1. The Hall–Kier alpha value is -2.31. The average Bonchev–Trinajstić information content (AvgIpc) is 2.80. The lowest BCUT2D eigenvalue weighted by atomic mass is 9.90. The molecule has 1 aromatic heterocycles. The molecule has 2 fully saturated rings. The van der Waals surface area contributed by atoms with Gasteiger partial charge in [0.05, 0.1) is 13.2 Å². The predicted octanol–water partition coefficient (Wildman–Crippen LogP) is 3.79. The molecule has 0 unspecified atom stereocenters. The van der Waals surface area contributed by atoms with Gasteiger partial charge in [0.2, 0.25) is 5.91 Å². The number of benzene rings is 1. The number of pyridine rings is 1. The second kappa shape index (κ2) is 10.5. The number of halogens is 1. The van der Waals surface area contributed by atoms with E-state index < -0.39 is 0 Å². The van der Waals surface area contributed by atoms with Crippen LogP contribution in [0.1, 0.15) is 48.2 Å². The van der Waals surface area contributed by atoms with Crippen molar-refractivity contribution in [2.45, 2.75) is 39.0 Å². The molecule has 4 rings (SSSR count). The summed E-state index contributed by atoms with van der Waals surface area (Å²) in [6, 6.07) is 11.0. The van der Waals surface area contributed by atoms with Gasteiger partial charge >= 0.3 is 0 Å². The second-order valence-corrected chi connectivity index (χ2v) is 9.26. The molecule has 0 aliphatic carbocycles. The third-order valence-electron chi connectivity index (χ3n) is 6.64. The fourth-order valence-electron chi connectivity index (χ4n) is 4.87. The Bertz CT molecular complexity index is 904. The summed E-state index contributed by atoms with van der Waals surface area (Å²) in [6.07, 6.45) is 2.66. The quantitative estimate of drug-likeness (QED) is 0.687. The number of likely N-dealkylation sites (tertiary alicyclic amines) is 1. The highest BCUT2D eigenvalue weighted by molar-refractivity contribution is 5.78. The number of aromatic nitrogens is 1. The molecule has 2 aromatic rings. The fraction of sp³-hybridized carbons (Fsp3) is 0.538. The van der Waals surface area contributed by atoms with Crippen molar-refractivity contribution in [3.63, 3.8) is 0 Å². The molecule has 1 aromatic carbocycles. The largest absolute Gasteiger partial charge is 0.379 e. The highest BCUT2D eigenvalue weighted by Gasteiger charge is 2.28. The maximum atomic E-state index is 13.2. The van der Waals surface area contributed by atoms with E-state index >= 15 is 0 Å². The van der Waals surface area contributed by atoms with Crippen molar-refractivity contribution in [1.82, 2.24) is 14.8 Å². The van der Waals surface area contributed by atoms with Crippen molar-refractivity contribution in [2.75, 3.05) is 45.9 Å². The van der Waals surface area contributed by atoms with Crippen LogP contribution in [0.5, 0.6) is 0 Å². The standard InChI is InChI=1S/C26H34FN3O2/c1-19(18-29-11-13-32-14-12-29)26(31)30-9-7-23(8-10-30)25-17-22(15-20(2)28-25)16-21-3-5-24(27)6-4-21/h3-6,15,17,19,23H,7-14,16,18H2,1-2H3/t19-/m1/s1. The Balaban J connectivity index is 1.33. The molecule has 5 nitrogen and oxygen atoms in total. The van der Waals surface area contributed by atoms with E-state index in [0.29, 0.717) is 5.92 Å². The number of carbonyl (C=O) groups excluding carboxylic acids is 1. The summed E-state index contributed by atoms with van der Waals surface area (Å²) in [5.41, 5.74) is 4.43. The van der Waals surface area contributed by atoms with E-state index in [1.165, 1.54) is 17.7 Å². The SMILES string of the molecule is Cc1cc(Cc2ccc(F)cc2)cc(C2CCN(C(=O)[C@H](C)CN3CCOCC3)CC2)n1. The summed E-state index contributed by atoms with van der Waals surface area (Å²) < 4.78 is 18.6. The zero-order chi connectivity index (χ0) is 22.5. The topological polar surface area (TPSA) is 45.7 Å². The minimum atomic E-state index is -0.207. The molecule has 0 spiro atoms. The Labute approximate surface area is 190 Å². The van der Waals surface area contributed by atoms with E-state index in [0.717, 1.165) is 82.2 Å². The van der Waals surface area contributed by atoms with Gasteiger partial charge in [-0.15, -0.1) is 0 Å².